The van der Waals surface area contributed by atoms with Crippen LogP contribution < -0.4 is 0 Å². The molecule has 332 valence electrons. The van der Waals surface area contributed by atoms with Gasteiger partial charge in [-0.1, -0.05) is 244 Å². The van der Waals surface area contributed by atoms with E-state index in [-0.39, 0.29) is 25.2 Å². The maximum Gasteiger partial charge on any atom is 0.306 e. The molecule has 0 aromatic heterocycles. The van der Waals surface area contributed by atoms with Gasteiger partial charge in [0.1, 0.15) is 6.61 Å². The van der Waals surface area contributed by atoms with E-state index in [0.29, 0.717) is 12.8 Å². The number of ether oxygens (including phenoxy) is 2. The van der Waals surface area contributed by atoms with Crippen molar-refractivity contribution in [1.29, 1.82) is 0 Å². The van der Waals surface area contributed by atoms with E-state index in [1.54, 1.807) is 0 Å². The lowest BCUT2D eigenvalue weighted by Gasteiger charge is -2.15. The number of unbranched alkanes of at least 4 members (excludes halogenated alkanes) is 37. The Bertz CT molecular complexity index is 810. The highest BCUT2D eigenvalue weighted by Gasteiger charge is 2.16. The highest BCUT2D eigenvalue weighted by molar-refractivity contribution is 5.70. The van der Waals surface area contributed by atoms with E-state index in [0.717, 1.165) is 32.1 Å². The summed E-state index contributed by atoms with van der Waals surface area (Å²) in [4.78, 5) is 24.4. The number of rotatable bonds is 47. The number of hydrogen-bond acceptors (Lipinski definition) is 5. The molecule has 0 aromatic carbocycles. The Labute approximate surface area is 350 Å². The second-order valence-corrected chi connectivity index (χ2v) is 17.3. The third kappa shape index (κ3) is 45.3. The van der Waals surface area contributed by atoms with Gasteiger partial charge in [-0.25, -0.2) is 0 Å². The maximum absolute atomic E-state index is 12.3. The summed E-state index contributed by atoms with van der Waals surface area (Å²) in [5.41, 5.74) is 0. The Balaban J connectivity index is 3.42. The minimum Gasteiger partial charge on any atom is -0.462 e. The van der Waals surface area contributed by atoms with E-state index < -0.39 is 6.10 Å². The van der Waals surface area contributed by atoms with Crippen LogP contribution in [0.15, 0.2) is 12.2 Å². The standard InChI is InChI=1S/C51H98O5/c1-3-5-7-9-11-13-15-17-19-20-21-22-23-24-25-26-27-28-29-30-32-34-36-38-40-42-44-46-51(54)56-49(47-52)48-55-50(53)45-43-41-39-37-35-33-31-18-16-14-12-10-8-6-4-2/h20-21,49,52H,3-19,22-48H2,1-2H3/b21-20-. The highest BCUT2D eigenvalue weighted by Crippen LogP contribution is 2.17. The normalized spacial score (nSPS) is 12.1. The van der Waals surface area contributed by atoms with Gasteiger partial charge in [0, 0.05) is 12.8 Å². The lowest BCUT2D eigenvalue weighted by molar-refractivity contribution is -0.161. The average Bonchev–Trinajstić information content (AvgIpc) is 3.20. The molecular weight excluding hydrogens is 693 g/mol. The lowest BCUT2D eigenvalue weighted by Crippen LogP contribution is -2.28. The molecule has 5 heteroatoms. The number of esters is 2. The van der Waals surface area contributed by atoms with Crippen molar-refractivity contribution in [2.45, 2.75) is 290 Å². The van der Waals surface area contributed by atoms with Crippen molar-refractivity contribution in [2.24, 2.45) is 0 Å². The Hall–Kier alpha value is -1.36. The summed E-state index contributed by atoms with van der Waals surface area (Å²) in [5.74, 6) is -0.572. The van der Waals surface area contributed by atoms with Gasteiger partial charge in [0.2, 0.25) is 0 Å². The van der Waals surface area contributed by atoms with Gasteiger partial charge < -0.3 is 14.6 Å². The van der Waals surface area contributed by atoms with Crippen molar-refractivity contribution in [3.63, 3.8) is 0 Å². The average molecular weight is 791 g/mol. The Morgan fingerprint density at radius 2 is 0.661 bits per heavy atom. The Morgan fingerprint density at radius 1 is 0.393 bits per heavy atom. The predicted molar refractivity (Wildman–Crippen MR) is 242 cm³/mol. The first kappa shape index (κ1) is 54.6. The van der Waals surface area contributed by atoms with E-state index in [9.17, 15) is 14.7 Å². The second-order valence-electron chi connectivity index (χ2n) is 17.3. The van der Waals surface area contributed by atoms with E-state index in [1.165, 1.54) is 225 Å². The van der Waals surface area contributed by atoms with E-state index in [2.05, 4.69) is 26.0 Å². The molecule has 0 aliphatic heterocycles. The fourth-order valence-electron chi connectivity index (χ4n) is 7.73. The minimum atomic E-state index is -0.765. The van der Waals surface area contributed by atoms with Crippen molar-refractivity contribution >= 4 is 11.9 Å². The van der Waals surface area contributed by atoms with Crippen LogP contribution in [0.2, 0.25) is 0 Å². The van der Waals surface area contributed by atoms with E-state index >= 15 is 0 Å². The van der Waals surface area contributed by atoms with E-state index in [1.807, 2.05) is 0 Å². The molecular formula is C51H98O5. The van der Waals surface area contributed by atoms with Crippen LogP contribution in [0.5, 0.6) is 0 Å². The first-order chi connectivity index (χ1) is 27.6. The SMILES string of the molecule is CCCCCCCCCC/C=C\CCCCCCCCCCCCCCCCCC(=O)OC(CO)COC(=O)CCCCCCCCCCCCCCCCC. The third-order valence-corrected chi connectivity index (χ3v) is 11.6. The molecule has 0 radical (unpaired) electrons. The van der Waals surface area contributed by atoms with Crippen LogP contribution >= 0.6 is 0 Å². The van der Waals surface area contributed by atoms with Crippen molar-refractivity contribution in [3.8, 4) is 0 Å². The van der Waals surface area contributed by atoms with Crippen molar-refractivity contribution in [1.82, 2.24) is 0 Å². The Kier molecular flexibility index (Phi) is 46.8. The summed E-state index contributed by atoms with van der Waals surface area (Å²) < 4.78 is 10.7. The quantitative estimate of drug-likeness (QED) is 0.0378. The van der Waals surface area contributed by atoms with Crippen LogP contribution in [0.4, 0.5) is 0 Å². The van der Waals surface area contributed by atoms with Gasteiger partial charge >= 0.3 is 11.9 Å². The minimum absolute atomic E-state index is 0.0582. The van der Waals surface area contributed by atoms with Crippen LogP contribution in [0.1, 0.15) is 284 Å². The molecule has 1 N–H and O–H groups in total. The zero-order chi connectivity index (χ0) is 40.7. The van der Waals surface area contributed by atoms with Gasteiger partial charge in [0.05, 0.1) is 6.61 Å². The van der Waals surface area contributed by atoms with Crippen LogP contribution in [0, 0.1) is 0 Å². The first-order valence-corrected chi connectivity index (χ1v) is 25.2. The number of hydrogen-bond donors (Lipinski definition) is 1. The summed E-state index contributed by atoms with van der Waals surface area (Å²) in [5, 5.41) is 9.61. The van der Waals surface area contributed by atoms with Crippen molar-refractivity contribution in [3.05, 3.63) is 12.2 Å². The molecule has 0 amide bonds. The molecule has 0 aliphatic rings. The van der Waals surface area contributed by atoms with Crippen molar-refractivity contribution < 1.29 is 24.2 Å². The van der Waals surface area contributed by atoms with E-state index in [4.69, 9.17) is 9.47 Å². The number of carbonyl (C=O) groups excluding carboxylic acids is 2. The predicted octanol–water partition coefficient (Wildman–Crippen LogP) is 16.4. The van der Waals surface area contributed by atoms with Crippen LogP contribution in [0.3, 0.4) is 0 Å². The van der Waals surface area contributed by atoms with Crippen LogP contribution in [0.25, 0.3) is 0 Å². The lowest BCUT2D eigenvalue weighted by atomic mass is 10.0. The van der Waals surface area contributed by atoms with Gasteiger partial charge in [0.15, 0.2) is 6.10 Å². The summed E-state index contributed by atoms with van der Waals surface area (Å²) in [6.45, 7) is 4.18. The number of carbonyl (C=O) groups is 2. The molecule has 0 aromatic rings. The molecule has 0 rings (SSSR count). The molecule has 0 bridgehead atoms. The molecule has 0 saturated heterocycles. The summed E-state index contributed by atoms with van der Waals surface area (Å²) in [7, 11) is 0. The van der Waals surface area contributed by atoms with Crippen molar-refractivity contribution in [2.75, 3.05) is 13.2 Å². The molecule has 56 heavy (non-hydrogen) atoms. The van der Waals surface area contributed by atoms with Gasteiger partial charge in [-0.15, -0.1) is 0 Å². The van der Waals surface area contributed by atoms with Crippen LogP contribution in [-0.4, -0.2) is 36.4 Å². The summed E-state index contributed by atoms with van der Waals surface area (Å²) in [6.07, 6.45) is 57.4. The molecule has 1 atom stereocenters. The number of aliphatic hydroxyl groups excluding tert-OH is 1. The van der Waals surface area contributed by atoms with Gasteiger partial charge in [-0.3, -0.25) is 9.59 Å². The molecule has 0 spiro atoms. The molecule has 5 nitrogen and oxygen atoms in total. The number of aliphatic hydroxyl groups is 1. The second kappa shape index (κ2) is 48.0. The fraction of sp³-hybridized carbons (Fsp3) is 0.922. The van der Waals surface area contributed by atoms with Crippen LogP contribution in [-0.2, 0) is 19.1 Å². The zero-order valence-electron chi connectivity index (χ0n) is 37.9. The molecule has 0 aliphatic carbocycles. The zero-order valence-corrected chi connectivity index (χ0v) is 37.9. The van der Waals surface area contributed by atoms with Gasteiger partial charge in [-0.05, 0) is 38.5 Å². The first-order valence-electron chi connectivity index (χ1n) is 25.2. The summed E-state index contributed by atoms with van der Waals surface area (Å²) in [6, 6.07) is 0. The third-order valence-electron chi connectivity index (χ3n) is 11.6. The van der Waals surface area contributed by atoms with Gasteiger partial charge in [-0.2, -0.15) is 0 Å². The fourth-order valence-corrected chi connectivity index (χ4v) is 7.73. The number of allylic oxidation sites excluding steroid dienone is 2. The molecule has 1 unspecified atom stereocenters. The molecule has 0 heterocycles. The Morgan fingerprint density at radius 3 is 0.964 bits per heavy atom. The smallest absolute Gasteiger partial charge is 0.306 e. The summed E-state index contributed by atoms with van der Waals surface area (Å²) >= 11 is 0. The monoisotopic (exact) mass is 791 g/mol. The largest absolute Gasteiger partial charge is 0.462 e. The molecule has 0 fully saturated rings. The van der Waals surface area contributed by atoms with Gasteiger partial charge in [0.25, 0.3) is 0 Å². The molecule has 0 saturated carbocycles. The maximum atomic E-state index is 12.3. The highest BCUT2D eigenvalue weighted by atomic mass is 16.6. The topological polar surface area (TPSA) is 72.8 Å².